The van der Waals surface area contributed by atoms with Crippen LogP contribution >= 0.6 is 0 Å². The van der Waals surface area contributed by atoms with Crippen molar-refractivity contribution in [1.82, 2.24) is 9.21 Å². The molecule has 2 aliphatic rings. The molecule has 1 N–H and O–H groups in total. The molecule has 2 fully saturated rings. The molecule has 1 aromatic carbocycles. The summed E-state index contributed by atoms with van der Waals surface area (Å²) < 4.78 is 26.4. The van der Waals surface area contributed by atoms with Crippen molar-refractivity contribution in [3.05, 3.63) is 24.3 Å². The van der Waals surface area contributed by atoms with Gasteiger partial charge in [-0.1, -0.05) is 19.8 Å². The number of anilines is 2. The minimum absolute atomic E-state index is 0.0556. The van der Waals surface area contributed by atoms with E-state index in [0.717, 1.165) is 38.0 Å². The van der Waals surface area contributed by atoms with Gasteiger partial charge in [0.05, 0.1) is 12.3 Å². The highest BCUT2D eigenvalue weighted by Gasteiger charge is 2.27. The molecular formula is C22H36N4O3S. The van der Waals surface area contributed by atoms with Crippen LogP contribution < -0.4 is 10.2 Å². The molecule has 168 valence electrons. The summed E-state index contributed by atoms with van der Waals surface area (Å²) in [6, 6.07) is 8.07. The predicted octanol–water partition coefficient (Wildman–Crippen LogP) is 2.75. The highest BCUT2D eigenvalue weighted by atomic mass is 32.2. The van der Waals surface area contributed by atoms with Crippen LogP contribution in [0.5, 0.6) is 0 Å². The Bertz CT molecular complexity index is 768. The Morgan fingerprint density at radius 2 is 1.60 bits per heavy atom. The minimum Gasteiger partial charge on any atom is -0.372 e. The summed E-state index contributed by atoms with van der Waals surface area (Å²) in [6.45, 7) is 6.68. The lowest BCUT2D eigenvalue weighted by Gasteiger charge is -2.33. The number of rotatable bonds is 9. The molecule has 3 rings (SSSR count). The summed E-state index contributed by atoms with van der Waals surface area (Å²) in [7, 11) is -3.17. The molecule has 1 aromatic rings. The zero-order valence-corrected chi connectivity index (χ0v) is 19.0. The number of hydrogen-bond donors (Lipinski definition) is 1. The zero-order valence-electron chi connectivity index (χ0n) is 18.2. The second-order valence-corrected chi connectivity index (χ2v) is 10.4. The van der Waals surface area contributed by atoms with Crippen LogP contribution in [0.2, 0.25) is 0 Å². The van der Waals surface area contributed by atoms with Crippen LogP contribution in [0.15, 0.2) is 24.3 Å². The average molecular weight is 437 g/mol. The number of benzene rings is 1. The third-order valence-corrected chi connectivity index (χ3v) is 7.93. The number of unbranched alkanes of at least 4 members (excludes halogenated alkanes) is 2. The number of carbonyl (C=O) groups is 1. The number of piperidine rings is 1. The van der Waals surface area contributed by atoms with Crippen molar-refractivity contribution >= 4 is 27.3 Å². The van der Waals surface area contributed by atoms with E-state index in [1.54, 1.807) is 4.31 Å². The van der Waals surface area contributed by atoms with Crippen molar-refractivity contribution in [2.24, 2.45) is 0 Å². The number of amides is 1. The second kappa shape index (κ2) is 11.1. The molecule has 7 nitrogen and oxygen atoms in total. The maximum atomic E-state index is 12.4. The number of nitrogens with one attached hydrogen (secondary N) is 1. The molecule has 0 atom stereocenters. The Morgan fingerprint density at radius 1 is 0.933 bits per heavy atom. The molecule has 0 spiro atoms. The Balaban J connectivity index is 1.41. The molecular weight excluding hydrogens is 400 g/mol. The number of carbonyl (C=O) groups excluding carboxylic acids is 1. The van der Waals surface area contributed by atoms with Crippen LogP contribution in [-0.4, -0.2) is 75.1 Å². The van der Waals surface area contributed by atoms with Gasteiger partial charge in [-0.15, -0.1) is 0 Å². The van der Waals surface area contributed by atoms with Crippen molar-refractivity contribution < 1.29 is 13.2 Å². The van der Waals surface area contributed by atoms with Gasteiger partial charge in [-0.25, -0.2) is 8.42 Å². The lowest BCUT2D eigenvalue weighted by atomic mass is 10.1. The molecule has 0 bridgehead atoms. The average Bonchev–Trinajstić information content (AvgIpc) is 2.75. The van der Waals surface area contributed by atoms with Gasteiger partial charge < -0.3 is 10.2 Å². The van der Waals surface area contributed by atoms with E-state index in [1.165, 1.54) is 24.9 Å². The molecule has 30 heavy (non-hydrogen) atoms. The Hall–Kier alpha value is -1.64. The third kappa shape index (κ3) is 6.68. The van der Waals surface area contributed by atoms with Gasteiger partial charge in [0.15, 0.2) is 0 Å². The SMILES string of the molecule is CCCCCS(=O)(=O)N1CCN(CC(=O)Nc2ccc(N3CCCCC3)cc2)CC1. The van der Waals surface area contributed by atoms with Crippen molar-refractivity contribution in [3.63, 3.8) is 0 Å². The van der Waals surface area contributed by atoms with Gasteiger partial charge in [-0.3, -0.25) is 9.69 Å². The number of hydrogen-bond acceptors (Lipinski definition) is 5. The fraction of sp³-hybridized carbons (Fsp3) is 0.682. The van der Waals surface area contributed by atoms with E-state index in [0.29, 0.717) is 26.2 Å². The number of sulfonamides is 1. The monoisotopic (exact) mass is 436 g/mol. The van der Waals surface area contributed by atoms with Crippen molar-refractivity contribution in [1.29, 1.82) is 0 Å². The largest absolute Gasteiger partial charge is 0.372 e. The van der Waals surface area contributed by atoms with E-state index in [1.807, 2.05) is 17.0 Å². The molecule has 0 radical (unpaired) electrons. The first-order valence-electron chi connectivity index (χ1n) is 11.3. The Morgan fingerprint density at radius 3 is 2.23 bits per heavy atom. The van der Waals surface area contributed by atoms with Gasteiger partial charge in [-0.2, -0.15) is 4.31 Å². The van der Waals surface area contributed by atoms with Crippen molar-refractivity contribution in [2.75, 3.05) is 61.8 Å². The molecule has 1 amide bonds. The van der Waals surface area contributed by atoms with E-state index in [-0.39, 0.29) is 18.2 Å². The van der Waals surface area contributed by atoms with Crippen LogP contribution in [0.4, 0.5) is 11.4 Å². The summed E-state index contributed by atoms with van der Waals surface area (Å²) in [6.07, 6.45) is 6.47. The van der Waals surface area contributed by atoms with Crippen LogP contribution in [0.25, 0.3) is 0 Å². The molecule has 2 saturated heterocycles. The van der Waals surface area contributed by atoms with Crippen LogP contribution in [0.3, 0.4) is 0 Å². The van der Waals surface area contributed by atoms with E-state index in [4.69, 9.17) is 0 Å². The third-order valence-electron chi connectivity index (χ3n) is 5.97. The quantitative estimate of drug-likeness (QED) is 0.603. The molecule has 0 aliphatic carbocycles. The summed E-state index contributed by atoms with van der Waals surface area (Å²) in [5.41, 5.74) is 2.02. The molecule has 2 heterocycles. The van der Waals surface area contributed by atoms with E-state index < -0.39 is 10.0 Å². The number of piperazine rings is 1. The van der Waals surface area contributed by atoms with Crippen LogP contribution in [0, 0.1) is 0 Å². The zero-order chi connectivity index (χ0) is 21.4. The van der Waals surface area contributed by atoms with Crippen LogP contribution in [0.1, 0.15) is 45.4 Å². The lowest BCUT2D eigenvalue weighted by Crippen LogP contribution is -2.50. The maximum Gasteiger partial charge on any atom is 0.238 e. The topological polar surface area (TPSA) is 73.0 Å². The summed E-state index contributed by atoms with van der Waals surface area (Å²) >= 11 is 0. The first-order chi connectivity index (χ1) is 14.5. The molecule has 8 heteroatoms. The van der Waals surface area contributed by atoms with Gasteiger partial charge >= 0.3 is 0 Å². The Labute approximate surface area is 181 Å². The van der Waals surface area contributed by atoms with Gasteiger partial charge in [0, 0.05) is 50.6 Å². The predicted molar refractivity (Wildman–Crippen MR) is 122 cm³/mol. The fourth-order valence-corrected chi connectivity index (χ4v) is 5.69. The Kier molecular flexibility index (Phi) is 8.53. The first kappa shape index (κ1) is 23.0. The van der Waals surface area contributed by atoms with Gasteiger partial charge in [0.25, 0.3) is 0 Å². The van der Waals surface area contributed by atoms with E-state index in [9.17, 15) is 13.2 Å². The normalized spacial score (nSPS) is 19.0. The molecule has 2 aliphatic heterocycles. The molecule has 0 aromatic heterocycles. The van der Waals surface area contributed by atoms with Crippen molar-refractivity contribution in [2.45, 2.75) is 45.4 Å². The highest BCUT2D eigenvalue weighted by Crippen LogP contribution is 2.22. The van der Waals surface area contributed by atoms with Gasteiger partial charge in [-0.05, 0) is 49.9 Å². The summed E-state index contributed by atoms with van der Waals surface area (Å²) in [5, 5.41) is 2.96. The van der Waals surface area contributed by atoms with Gasteiger partial charge in [0.2, 0.25) is 15.9 Å². The maximum absolute atomic E-state index is 12.4. The second-order valence-electron chi connectivity index (χ2n) is 8.34. The van der Waals surface area contributed by atoms with E-state index >= 15 is 0 Å². The van der Waals surface area contributed by atoms with E-state index in [2.05, 4.69) is 29.3 Å². The molecule has 0 unspecified atom stereocenters. The summed E-state index contributed by atoms with van der Waals surface area (Å²) in [5.74, 6) is 0.175. The fourth-order valence-electron chi connectivity index (χ4n) is 4.14. The highest BCUT2D eigenvalue weighted by molar-refractivity contribution is 7.89. The smallest absolute Gasteiger partial charge is 0.238 e. The van der Waals surface area contributed by atoms with Crippen molar-refractivity contribution in [3.8, 4) is 0 Å². The minimum atomic E-state index is -3.17. The van der Waals surface area contributed by atoms with Gasteiger partial charge in [0.1, 0.15) is 0 Å². The molecule has 0 saturated carbocycles. The lowest BCUT2D eigenvalue weighted by molar-refractivity contribution is -0.117. The standard InChI is InChI=1S/C22H36N4O3S/c1-2-3-7-18-30(28,29)26-16-14-24(15-17-26)19-22(27)23-20-8-10-21(11-9-20)25-12-5-4-6-13-25/h8-11H,2-7,12-19H2,1H3,(H,23,27). The number of nitrogens with zero attached hydrogens (tertiary/aromatic N) is 3. The van der Waals surface area contributed by atoms with Crippen LogP contribution in [-0.2, 0) is 14.8 Å². The first-order valence-corrected chi connectivity index (χ1v) is 12.9. The summed E-state index contributed by atoms with van der Waals surface area (Å²) in [4.78, 5) is 16.8.